The predicted octanol–water partition coefficient (Wildman–Crippen LogP) is 1.66. The third kappa shape index (κ3) is 6.25. The molecule has 0 aliphatic heterocycles. The Hall–Kier alpha value is -1.27. The standard InChI is InChI=1S/C13H18ClNO4S/c1-10(19-12-7-4-3-6-11(12)14)13(16)15-8-5-9-20(2,17)18/h3-4,6-7,10H,5,8-9H2,1-2H3,(H,15,16). The molecule has 0 spiro atoms. The number of nitrogens with one attached hydrogen (secondary N) is 1. The zero-order chi connectivity index (χ0) is 15.2. The molecular weight excluding hydrogens is 302 g/mol. The highest BCUT2D eigenvalue weighted by atomic mass is 35.5. The quantitative estimate of drug-likeness (QED) is 0.776. The van der Waals surface area contributed by atoms with Crippen LogP contribution in [0.4, 0.5) is 0 Å². The molecule has 1 unspecified atom stereocenters. The van der Waals surface area contributed by atoms with Crippen molar-refractivity contribution < 1.29 is 17.9 Å². The van der Waals surface area contributed by atoms with Crippen LogP contribution in [0.5, 0.6) is 5.75 Å². The fourth-order valence-electron chi connectivity index (χ4n) is 1.47. The lowest BCUT2D eigenvalue weighted by atomic mass is 10.3. The molecule has 1 aromatic rings. The van der Waals surface area contributed by atoms with Crippen molar-refractivity contribution in [3.05, 3.63) is 29.3 Å². The highest BCUT2D eigenvalue weighted by Crippen LogP contribution is 2.24. The summed E-state index contributed by atoms with van der Waals surface area (Å²) in [5.41, 5.74) is 0. The summed E-state index contributed by atoms with van der Waals surface area (Å²) in [6.07, 6.45) is 0.842. The third-order valence-electron chi connectivity index (χ3n) is 2.50. The topological polar surface area (TPSA) is 72.5 Å². The van der Waals surface area contributed by atoms with Gasteiger partial charge in [-0.1, -0.05) is 23.7 Å². The van der Waals surface area contributed by atoms with Gasteiger partial charge >= 0.3 is 0 Å². The fourth-order valence-corrected chi connectivity index (χ4v) is 2.32. The maximum absolute atomic E-state index is 11.8. The van der Waals surface area contributed by atoms with Crippen LogP contribution >= 0.6 is 11.6 Å². The van der Waals surface area contributed by atoms with E-state index in [1.165, 1.54) is 0 Å². The van der Waals surface area contributed by atoms with Crippen LogP contribution in [0.1, 0.15) is 13.3 Å². The molecule has 0 heterocycles. The summed E-state index contributed by atoms with van der Waals surface area (Å²) >= 11 is 5.93. The van der Waals surface area contributed by atoms with Gasteiger partial charge in [0.1, 0.15) is 15.6 Å². The van der Waals surface area contributed by atoms with Crippen molar-refractivity contribution in [2.75, 3.05) is 18.6 Å². The summed E-state index contributed by atoms with van der Waals surface area (Å²) in [7, 11) is -3.00. The highest BCUT2D eigenvalue weighted by Gasteiger charge is 2.15. The van der Waals surface area contributed by atoms with E-state index in [2.05, 4.69) is 5.32 Å². The van der Waals surface area contributed by atoms with E-state index in [-0.39, 0.29) is 11.7 Å². The molecule has 5 nitrogen and oxygen atoms in total. The predicted molar refractivity (Wildman–Crippen MR) is 78.9 cm³/mol. The number of carbonyl (C=O) groups is 1. The Balaban J connectivity index is 2.38. The Morgan fingerprint density at radius 1 is 1.40 bits per heavy atom. The minimum atomic E-state index is -3.00. The molecule has 1 aromatic carbocycles. The number of para-hydroxylation sites is 1. The summed E-state index contributed by atoms with van der Waals surface area (Å²) < 4.78 is 27.3. The molecule has 7 heteroatoms. The molecule has 0 aromatic heterocycles. The Morgan fingerprint density at radius 2 is 2.05 bits per heavy atom. The van der Waals surface area contributed by atoms with Crippen molar-refractivity contribution >= 4 is 27.3 Å². The van der Waals surface area contributed by atoms with Crippen molar-refractivity contribution in [3.63, 3.8) is 0 Å². The largest absolute Gasteiger partial charge is 0.479 e. The van der Waals surface area contributed by atoms with Gasteiger partial charge in [-0.05, 0) is 25.5 Å². The van der Waals surface area contributed by atoms with Crippen molar-refractivity contribution in [2.24, 2.45) is 0 Å². The number of hydrogen-bond donors (Lipinski definition) is 1. The van der Waals surface area contributed by atoms with Crippen LogP contribution in [0, 0.1) is 0 Å². The summed E-state index contributed by atoms with van der Waals surface area (Å²) in [5.74, 6) is 0.180. The van der Waals surface area contributed by atoms with Crippen LogP contribution in [-0.2, 0) is 14.6 Å². The minimum absolute atomic E-state index is 0.0486. The normalized spacial score (nSPS) is 12.8. The molecular formula is C13H18ClNO4S. The molecule has 0 radical (unpaired) electrons. The van der Waals surface area contributed by atoms with Gasteiger partial charge in [0.15, 0.2) is 6.10 Å². The third-order valence-corrected chi connectivity index (χ3v) is 3.84. The minimum Gasteiger partial charge on any atom is -0.479 e. The van der Waals surface area contributed by atoms with Crippen LogP contribution in [-0.4, -0.2) is 39.0 Å². The summed E-state index contributed by atoms with van der Waals surface area (Å²) in [5, 5.41) is 3.06. The van der Waals surface area contributed by atoms with E-state index in [4.69, 9.17) is 16.3 Å². The van der Waals surface area contributed by atoms with Gasteiger partial charge in [-0.2, -0.15) is 0 Å². The molecule has 0 aliphatic carbocycles. The highest BCUT2D eigenvalue weighted by molar-refractivity contribution is 7.90. The van der Waals surface area contributed by atoms with Crippen LogP contribution < -0.4 is 10.1 Å². The molecule has 0 saturated carbocycles. The van der Waals surface area contributed by atoms with Crippen LogP contribution in [0.2, 0.25) is 5.02 Å². The summed E-state index contributed by atoms with van der Waals surface area (Å²) in [4.78, 5) is 11.8. The maximum Gasteiger partial charge on any atom is 0.260 e. The van der Waals surface area contributed by atoms with E-state index >= 15 is 0 Å². The number of amides is 1. The molecule has 0 aliphatic rings. The molecule has 1 atom stereocenters. The number of ether oxygens (including phenoxy) is 1. The van der Waals surface area contributed by atoms with Gasteiger partial charge < -0.3 is 10.1 Å². The van der Waals surface area contributed by atoms with Crippen molar-refractivity contribution in [1.82, 2.24) is 5.32 Å². The van der Waals surface area contributed by atoms with Crippen LogP contribution in [0.25, 0.3) is 0 Å². The smallest absolute Gasteiger partial charge is 0.260 e. The first-order valence-electron chi connectivity index (χ1n) is 6.16. The Kier molecular flexibility index (Phi) is 6.29. The van der Waals surface area contributed by atoms with E-state index < -0.39 is 15.9 Å². The lowest BCUT2D eigenvalue weighted by Crippen LogP contribution is -2.37. The number of sulfone groups is 1. The van der Waals surface area contributed by atoms with Crippen LogP contribution in [0.3, 0.4) is 0 Å². The maximum atomic E-state index is 11.8. The lowest BCUT2D eigenvalue weighted by Gasteiger charge is -2.15. The second-order valence-electron chi connectivity index (χ2n) is 4.46. The summed E-state index contributed by atoms with van der Waals surface area (Å²) in [6, 6.07) is 6.88. The van der Waals surface area contributed by atoms with Gasteiger partial charge in [0, 0.05) is 12.8 Å². The first-order chi connectivity index (χ1) is 9.29. The molecule has 1 N–H and O–H groups in total. The van der Waals surface area contributed by atoms with E-state index in [9.17, 15) is 13.2 Å². The first kappa shape index (κ1) is 16.8. The molecule has 1 rings (SSSR count). The van der Waals surface area contributed by atoms with Gasteiger partial charge in [-0.25, -0.2) is 8.42 Å². The molecule has 0 bridgehead atoms. The lowest BCUT2D eigenvalue weighted by molar-refractivity contribution is -0.127. The number of benzene rings is 1. The van der Waals surface area contributed by atoms with Crippen molar-refractivity contribution in [1.29, 1.82) is 0 Å². The van der Waals surface area contributed by atoms with Crippen molar-refractivity contribution in [2.45, 2.75) is 19.4 Å². The van der Waals surface area contributed by atoms with E-state index in [0.29, 0.717) is 23.7 Å². The SMILES string of the molecule is CC(Oc1ccccc1Cl)C(=O)NCCCS(C)(=O)=O. The van der Waals surface area contributed by atoms with Gasteiger partial charge in [-0.3, -0.25) is 4.79 Å². The number of rotatable bonds is 7. The average Bonchev–Trinajstić information content (AvgIpc) is 2.36. The molecule has 0 saturated heterocycles. The molecule has 20 heavy (non-hydrogen) atoms. The van der Waals surface area contributed by atoms with E-state index in [1.807, 2.05) is 0 Å². The Labute approximate surface area is 124 Å². The fraction of sp³-hybridized carbons (Fsp3) is 0.462. The van der Waals surface area contributed by atoms with Gasteiger partial charge in [0.25, 0.3) is 5.91 Å². The molecule has 112 valence electrons. The Bertz CT molecular complexity index is 559. The Morgan fingerprint density at radius 3 is 2.65 bits per heavy atom. The summed E-state index contributed by atoms with van der Waals surface area (Å²) in [6.45, 7) is 1.90. The zero-order valence-electron chi connectivity index (χ0n) is 11.4. The van der Waals surface area contributed by atoms with Gasteiger partial charge in [0.05, 0.1) is 10.8 Å². The van der Waals surface area contributed by atoms with Crippen molar-refractivity contribution in [3.8, 4) is 5.75 Å². The van der Waals surface area contributed by atoms with Crippen LogP contribution in [0.15, 0.2) is 24.3 Å². The second kappa shape index (κ2) is 7.50. The zero-order valence-corrected chi connectivity index (χ0v) is 13.0. The second-order valence-corrected chi connectivity index (χ2v) is 7.13. The monoisotopic (exact) mass is 319 g/mol. The van der Waals surface area contributed by atoms with E-state index in [1.54, 1.807) is 31.2 Å². The first-order valence-corrected chi connectivity index (χ1v) is 8.60. The average molecular weight is 320 g/mol. The van der Waals surface area contributed by atoms with Gasteiger partial charge in [0.2, 0.25) is 0 Å². The number of hydrogen-bond acceptors (Lipinski definition) is 4. The molecule has 1 amide bonds. The van der Waals surface area contributed by atoms with E-state index in [0.717, 1.165) is 6.26 Å². The molecule has 0 fully saturated rings. The van der Waals surface area contributed by atoms with Gasteiger partial charge in [-0.15, -0.1) is 0 Å². The number of carbonyl (C=O) groups excluding carboxylic acids is 1. The number of halogens is 1.